The number of carbonyl (C=O) groups excluding carboxylic acids is 1. The highest BCUT2D eigenvalue weighted by Gasteiger charge is 2.35. The van der Waals surface area contributed by atoms with Gasteiger partial charge in [-0.3, -0.25) is 9.69 Å². The first-order chi connectivity index (χ1) is 22.9. The van der Waals surface area contributed by atoms with Crippen LogP contribution in [0.1, 0.15) is 28.3 Å². The van der Waals surface area contributed by atoms with Crippen LogP contribution in [0.5, 0.6) is 5.75 Å². The molecule has 0 radical (unpaired) electrons. The zero-order valence-corrected chi connectivity index (χ0v) is 26.1. The number of halogens is 1. The number of aromatic amines is 1. The third-order valence-electron chi connectivity index (χ3n) is 8.92. The number of piperidine rings is 1. The number of benzene rings is 2. The largest absolute Gasteiger partial charge is 0.486 e. The van der Waals surface area contributed by atoms with Crippen molar-refractivity contribution in [2.75, 3.05) is 62.7 Å². The quantitative estimate of drug-likeness (QED) is 0.293. The molecule has 47 heavy (non-hydrogen) atoms. The summed E-state index contributed by atoms with van der Waals surface area (Å²) in [6.45, 7) is 7.78. The van der Waals surface area contributed by atoms with Gasteiger partial charge >= 0.3 is 0 Å². The first kappa shape index (κ1) is 30.6. The molecule has 0 spiro atoms. The number of ether oxygens (including phenoxy) is 2. The highest BCUT2D eigenvalue weighted by atomic mass is 19.1. The van der Waals surface area contributed by atoms with Crippen molar-refractivity contribution in [3.05, 3.63) is 78.0 Å². The van der Waals surface area contributed by atoms with Gasteiger partial charge in [-0.05, 0) is 55.5 Å². The van der Waals surface area contributed by atoms with Gasteiger partial charge in [0.05, 0.1) is 31.4 Å². The fourth-order valence-electron chi connectivity index (χ4n) is 6.14. The van der Waals surface area contributed by atoms with Crippen LogP contribution in [0.25, 0.3) is 11.4 Å². The van der Waals surface area contributed by atoms with Gasteiger partial charge in [0, 0.05) is 74.2 Å². The average Bonchev–Trinajstić information content (AvgIpc) is 3.51. The van der Waals surface area contributed by atoms with Crippen LogP contribution in [0.4, 0.5) is 21.6 Å². The van der Waals surface area contributed by atoms with Crippen LogP contribution in [0.2, 0.25) is 0 Å². The van der Waals surface area contributed by atoms with Crippen molar-refractivity contribution in [3.63, 3.8) is 0 Å². The minimum atomic E-state index is -1.42. The van der Waals surface area contributed by atoms with Crippen LogP contribution in [0, 0.1) is 18.3 Å². The molecule has 0 saturated carbocycles. The number of hydrogen-bond acceptors (Lipinski definition) is 10. The second kappa shape index (κ2) is 13.4. The zero-order valence-electron chi connectivity index (χ0n) is 26.1. The highest BCUT2D eigenvalue weighted by molar-refractivity contribution is 5.90. The molecule has 3 saturated heterocycles. The number of carbonyl (C=O) groups is 1. The molecule has 0 unspecified atom stereocenters. The Labute approximate surface area is 272 Å². The predicted octanol–water partition coefficient (Wildman–Crippen LogP) is 3.94. The molecular formula is C34H36FN9O3. The van der Waals surface area contributed by atoms with E-state index in [4.69, 9.17) is 9.47 Å². The summed E-state index contributed by atoms with van der Waals surface area (Å²) in [7, 11) is 0. The number of aromatic nitrogens is 4. The van der Waals surface area contributed by atoms with Gasteiger partial charge in [-0.25, -0.2) is 19.3 Å². The fourth-order valence-corrected chi connectivity index (χ4v) is 6.14. The molecular weight excluding hydrogens is 601 g/mol. The number of nitriles is 1. The standard InChI is InChI=1S/C34H36FN9O3/c1-22-18-38-33(39-22)34(45)44-11-9-30(28(35)19-44)47-29-7-2-23(16-24(29)17-36)32-37-10-8-31(41-32)40-25-3-5-26(6-4-25)42-12-14-43(15-13-42)27-20-46-21-27/h2-8,10,16,18,27-28,30H,9,11-15,19-21H2,1H3,(H,38,39)(H,37,40,41)/t28-,30+/m1/s1. The van der Waals surface area contributed by atoms with Crippen molar-refractivity contribution < 1.29 is 18.7 Å². The number of amides is 1. The normalized spacial score (nSPS) is 20.4. The second-order valence-corrected chi connectivity index (χ2v) is 12.1. The molecule has 5 heterocycles. The molecule has 242 valence electrons. The number of nitrogens with one attached hydrogen (secondary N) is 2. The summed E-state index contributed by atoms with van der Waals surface area (Å²) < 4.78 is 26.5. The summed E-state index contributed by atoms with van der Waals surface area (Å²) in [5.41, 5.74) is 3.73. The second-order valence-electron chi connectivity index (χ2n) is 12.1. The van der Waals surface area contributed by atoms with E-state index in [1.165, 1.54) is 10.6 Å². The van der Waals surface area contributed by atoms with Crippen LogP contribution in [-0.2, 0) is 4.74 Å². The zero-order chi connectivity index (χ0) is 32.3. The van der Waals surface area contributed by atoms with E-state index < -0.39 is 12.3 Å². The fraction of sp³-hybridized carbons (Fsp3) is 0.382. The molecule has 3 fully saturated rings. The number of alkyl halides is 1. The molecule has 2 aromatic carbocycles. The summed E-state index contributed by atoms with van der Waals surface area (Å²) >= 11 is 0. The summed E-state index contributed by atoms with van der Waals surface area (Å²) in [5.74, 6) is 1.17. The number of likely N-dealkylation sites (tertiary alicyclic amines) is 1. The SMILES string of the molecule is Cc1cnc(C(=O)N2CC[C@H](Oc3ccc(-c4nccc(Nc5ccc(N6CCN(C7COC7)CC6)cc5)n4)cc3C#N)[C@H](F)C2)[nH]1. The van der Waals surface area contributed by atoms with E-state index in [1.807, 2.05) is 12.1 Å². The molecule has 2 N–H and O–H groups in total. The Kier molecular flexibility index (Phi) is 8.69. The lowest BCUT2D eigenvalue weighted by Crippen LogP contribution is -2.56. The molecule has 3 aliphatic heterocycles. The minimum Gasteiger partial charge on any atom is -0.486 e. The van der Waals surface area contributed by atoms with Gasteiger partial charge in [0.1, 0.15) is 23.7 Å². The molecule has 3 aliphatic rings. The topological polar surface area (TPSA) is 136 Å². The molecule has 7 rings (SSSR count). The maximum atomic E-state index is 15.2. The van der Waals surface area contributed by atoms with E-state index in [-0.39, 0.29) is 36.0 Å². The van der Waals surface area contributed by atoms with Crippen molar-refractivity contribution in [3.8, 4) is 23.2 Å². The number of anilines is 3. The molecule has 0 aliphatic carbocycles. The Bertz CT molecular complexity index is 1760. The van der Waals surface area contributed by atoms with Crippen molar-refractivity contribution in [1.29, 1.82) is 5.26 Å². The lowest BCUT2D eigenvalue weighted by Gasteiger charge is -2.43. The highest BCUT2D eigenvalue weighted by Crippen LogP contribution is 2.29. The minimum absolute atomic E-state index is 0.118. The van der Waals surface area contributed by atoms with Gasteiger partial charge in [0.15, 0.2) is 17.8 Å². The van der Waals surface area contributed by atoms with Crippen LogP contribution >= 0.6 is 0 Å². The van der Waals surface area contributed by atoms with Crippen LogP contribution < -0.4 is 15.0 Å². The molecule has 2 atom stereocenters. The number of rotatable bonds is 8. The number of imidazole rings is 1. The van der Waals surface area contributed by atoms with Crippen LogP contribution in [0.15, 0.2) is 60.9 Å². The van der Waals surface area contributed by atoms with E-state index >= 15 is 4.39 Å². The average molecular weight is 638 g/mol. The van der Waals surface area contributed by atoms with Crippen molar-refractivity contribution >= 4 is 23.1 Å². The molecule has 4 aromatic rings. The number of piperazine rings is 1. The third kappa shape index (κ3) is 6.74. The lowest BCUT2D eigenvalue weighted by atomic mass is 10.0. The third-order valence-corrected chi connectivity index (χ3v) is 8.92. The van der Waals surface area contributed by atoms with E-state index in [0.717, 1.165) is 50.8 Å². The smallest absolute Gasteiger partial charge is 0.289 e. The van der Waals surface area contributed by atoms with Crippen molar-refractivity contribution in [2.45, 2.75) is 31.7 Å². The molecule has 0 bridgehead atoms. The van der Waals surface area contributed by atoms with E-state index in [0.29, 0.717) is 29.8 Å². The lowest BCUT2D eigenvalue weighted by molar-refractivity contribution is -0.0660. The molecule has 13 heteroatoms. The maximum Gasteiger partial charge on any atom is 0.289 e. The van der Waals surface area contributed by atoms with E-state index in [1.54, 1.807) is 43.6 Å². The van der Waals surface area contributed by atoms with E-state index in [9.17, 15) is 10.1 Å². The Morgan fingerprint density at radius 2 is 1.89 bits per heavy atom. The number of nitrogens with zero attached hydrogens (tertiary/aromatic N) is 7. The van der Waals surface area contributed by atoms with Gasteiger partial charge in [-0.1, -0.05) is 0 Å². The Morgan fingerprint density at radius 1 is 1.09 bits per heavy atom. The molecule has 2 aromatic heterocycles. The van der Waals surface area contributed by atoms with Crippen molar-refractivity contribution in [1.82, 2.24) is 29.7 Å². The van der Waals surface area contributed by atoms with Crippen LogP contribution in [-0.4, -0.2) is 106 Å². The molecule has 1 amide bonds. The van der Waals surface area contributed by atoms with Gasteiger partial charge in [-0.2, -0.15) is 5.26 Å². The Balaban J connectivity index is 0.965. The van der Waals surface area contributed by atoms with E-state index in [2.05, 4.69) is 53.3 Å². The molecule has 12 nitrogen and oxygen atoms in total. The first-order valence-electron chi connectivity index (χ1n) is 15.9. The number of hydrogen-bond donors (Lipinski definition) is 2. The maximum absolute atomic E-state index is 15.2. The summed E-state index contributed by atoms with van der Waals surface area (Å²) in [5, 5.41) is 13.2. The van der Waals surface area contributed by atoms with Crippen molar-refractivity contribution in [2.24, 2.45) is 0 Å². The van der Waals surface area contributed by atoms with Crippen LogP contribution in [0.3, 0.4) is 0 Å². The number of aryl methyl sites for hydroxylation is 1. The van der Waals surface area contributed by atoms with Gasteiger partial charge < -0.3 is 29.6 Å². The summed E-state index contributed by atoms with van der Waals surface area (Å²) in [4.78, 5) is 35.1. The predicted molar refractivity (Wildman–Crippen MR) is 173 cm³/mol. The van der Waals surface area contributed by atoms with Gasteiger partial charge in [0.2, 0.25) is 0 Å². The van der Waals surface area contributed by atoms with Gasteiger partial charge in [0.25, 0.3) is 5.91 Å². The monoisotopic (exact) mass is 637 g/mol. The summed E-state index contributed by atoms with van der Waals surface area (Å²) in [6.07, 6.45) is 1.29. The van der Waals surface area contributed by atoms with Gasteiger partial charge in [-0.15, -0.1) is 0 Å². The first-order valence-corrected chi connectivity index (χ1v) is 15.9. The summed E-state index contributed by atoms with van der Waals surface area (Å²) in [6, 6.07) is 17.9. The Morgan fingerprint density at radius 3 is 2.57 bits per heavy atom. The Hall–Kier alpha value is -5.06. The number of H-pyrrole nitrogens is 1.